The first-order valence-corrected chi connectivity index (χ1v) is 12.4. The maximum Gasteiger partial charge on any atom is 0.317 e. The van der Waals surface area contributed by atoms with Crippen LogP contribution in [0, 0.1) is 0 Å². The van der Waals surface area contributed by atoms with Gasteiger partial charge >= 0.3 is 6.03 Å². The number of carbonyl (C=O) groups is 2. The number of hydrogen-bond donors (Lipinski definition) is 4. The van der Waals surface area contributed by atoms with Gasteiger partial charge in [-0.05, 0) is 29.7 Å². The summed E-state index contributed by atoms with van der Waals surface area (Å²) in [6, 6.07) is 9.80. The summed E-state index contributed by atoms with van der Waals surface area (Å²) >= 11 is 0. The fraction of sp³-hybridized carbons (Fsp3) is 0.370. The van der Waals surface area contributed by atoms with Crippen LogP contribution in [0.2, 0.25) is 0 Å². The molecule has 0 spiro atoms. The van der Waals surface area contributed by atoms with Gasteiger partial charge in [-0.3, -0.25) is 9.78 Å². The fourth-order valence-corrected chi connectivity index (χ4v) is 4.66. The van der Waals surface area contributed by atoms with Gasteiger partial charge < -0.3 is 36.1 Å². The Hall–Kier alpha value is -4.05. The second-order valence-corrected chi connectivity index (χ2v) is 8.84. The van der Waals surface area contributed by atoms with Gasteiger partial charge in [0.15, 0.2) is 11.5 Å². The predicted molar refractivity (Wildman–Crippen MR) is 144 cm³/mol. The van der Waals surface area contributed by atoms with Gasteiger partial charge in [0.25, 0.3) is 0 Å². The number of ether oxygens (including phenoxy) is 2. The van der Waals surface area contributed by atoms with Crippen LogP contribution in [-0.4, -0.2) is 62.2 Å². The number of nitrogens with zero attached hydrogens (tertiary/aromatic N) is 2. The summed E-state index contributed by atoms with van der Waals surface area (Å²) in [5.74, 6) is 0.700. The Morgan fingerprint density at radius 3 is 2.65 bits per heavy atom. The van der Waals surface area contributed by atoms with Crippen LogP contribution < -0.4 is 31.2 Å². The highest BCUT2D eigenvalue weighted by atomic mass is 16.5. The number of nitrogens with one attached hydrogen (secondary N) is 3. The Bertz CT molecular complexity index is 1300. The van der Waals surface area contributed by atoms with Crippen LogP contribution in [0.3, 0.4) is 0 Å². The molecule has 2 heterocycles. The van der Waals surface area contributed by atoms with Gasteiger partial charge in [0.2, 0.25) is 5.91 Å². The summed E-state index contributed by atoms with van der Waals surface area (Å²) < 4.78 is 11.0. The number of rotatable bonds is 12. The quantitative estimate of drug-likeness (QED) is 0.278. The lowest BCUT2D eigenvalue weighted by atomic mass is 10.0. The molecule has 1 aliphatic heterocycles. The van der Waals surface area contributed by atoms with Crippen LogP contribution >= 0.6 is 0 Å². The number of pyridine rings is 1. The third-order valence-corrected chi connectivity index (χ3v) is 6.52. The number of urea groups is 1. The Morgan fingerprint density at radius 2 is 1.97 bits per heavy atom. The molecule has 0 unspecified atom stereocenters. The molecule has 0 bridgehead atoms. The molecular formula is C27H34N6O4. The summed E-state index contributed by atoms with van der Waals surface area (Å²) in [6.45, 7) is 5.59. The van der Waals surface area contributed by atoms with Crippen LogP contribution in [0.1, 0.15) is 23.6 Å². The monoisotopic (exact) mass is 506 g/mol. The first-order chi connectivity index (χ1) is 17.9. The number of nitrogens with two attached hydrogens (primary N) is 1. The van der Waals surface area contributed by atoms with E-state index in [-0.39, 0.29) is 12.5 Å². The Morgan fingerprint density at radius 1 is 1.19 bits per heavy atom. The number of primary amides is 1. The van der Waals surface area contributed by atoms with E-state index in [0.717, 1.165) is 40.9 Å². The molecule has 1 saturated heterocycles. The van der Waals surface area contributed by atoms with E-state index < -0.39 is 5.91 Å². The largest absolute Gasteiger partial charge is 0.493 e. The van der Waals surface area contributed by atoms with Crippen molar-refractivity contribution >= 4 is 34.2 Å². The minimum absolute atomic E-state index is 0.00663. The van der Waals surface area contributed by atoms with Crippen LogP contribution in [0.5, 0.6) is 11.5 Å². The number of amides is 3. The summed E-state index contributed by atoms with van der Waals surface area (Å²) in [7, 11) is 3.16. The lowest BCUT2D eigenvalue weighted by molar-refractivity contribution is -0.117. The summed E-state index contributed by atoms with van der Waals surface area (Å²) in [6.07, 6.45) is 2.53. The normalized spacial score (nSPS) is 13.1. The smallest absolute Gasteiger partial charge is 0.317 e. The molecule has 4 rings (SSSR count). The van der Waals surface area contributed by atoms with Crippen molar-refractivity contribution in [2.75, 3.05) is 45.7 Å². The molecule has 0 radical (unpaired) electrons. The highest BCUT2D eigenvalue weighted by molar-refractivity contribution is 5.98. The molecule has 10 heteroatoms. The number of anilines is 2. The minimum Gasteiger partial charge on any atom is -0.493 e. The number of aromatic nitrogens is 1. The molecule has 1 fully saturated rings. The first-order valence-electron chi connectivity index (χ1n) is 12.4. The average molecular weight is 507 g/mol. The van der Waals surface area contributed by atoms with E-state index in [1.165, 1.54) is 0 Å². The number of fused-ring (bicyclic) bond motifs is 1. The van der Waals surface area contributed by atoms with Crippen LogP contribution in [0.15, 0.2) is 36.5 Å². The molecular weight excluding hydrogens is 472 g/mol. The van der Waals surface area contributed by atoms with Gasteiger partial charge in [-0.2, -0.15) is 0 Å². The molecule has 2 aromatic carbocycles. The maximum atomic E-state index is 11.9. The van der Waals surface area contributed by atoms with Crippen molar-refractivity contribution in [2.24, 2.45) is 5.73 Å². The van der Waals surface area contributed by atoms with Crippen molar-refractivity contribution in [3.63, 3.8) is 0 Å². The molecule has 0 atom stereocenters. The van der Waals surface area contributed by atoms with Crippen molar-refractivity contribution in [3.05, 3.63) is 53.2 Å². The Kier molecular flexibility index (Phi) is 8.29. The molecule has 10 nitrogen and oxygen atoms in total. The van der Waals surface area contributed by atoms with Crippen molar-refractivity contribution in [1.82, 2.24) is 20.5 Å². The second kappa shape index (κ2) is 11.8. The molecule has 0 aliphatic carbocycles. The van der Waals surface area contributed by atoms with E-state index in [1.807, 2.05) is 29.2 Å². The van der Waals surface area contributed by atoms with Gasteiger partial charge in [0, 0.05) is 61.6 Å². The van der Waals surface area contributed by atoms with E-state index >= 15 is 0 Å². The van der Waals surface area contributed by atoms with Crippen LogP contribution in [-0.2, 0) is 24.2 Å². The third-order valence-electron chi connectivity index (χ3n) is 6.52. The Balaban J connectivity index is 1.64. The van der Waals surface area contributed by atoms with Gasteiger partial charge in [-0.15, -0.1) is 0 Å². The van der Waals surface area contributed by atoms with Gasteiger partial charge in [0.1, 0.15) is 0 Å². The van der Waals surface area contributed by atoms with E-state index in [1.54, 1.807) is 20.4 Å². The van der Waals surface area contributed by atoms with Crippen molar-refractivity contribution in [3.8, 4) is 11.5 Å². The summed E-state index contributed by atoms with van der Waals surface area (Å²) in [5, 5.41) is 10.7. The van der Waals surface area contributed by atoms with Crippen LogP contribution in [0.4, 0.5) is 16.2 Å². The Labute approximate surface area is 216 Å². The highest BCUT2D eigenvalue weighted by Crippen LogP contribution is 2.38. The molecule has 196 valence electrons. The average Bonchev–Trinajstić information content (AvgIpc) is 3.31. The number of benzene rings is 2. The number of hydrogen-bond acceptors (Lipinski definition) is 7. The topological polar surface area (TPSA) is 131 Å². The molecule has 3 amide bonds. The van der Waals surface area contributed by atoms with E-state index in [9.17, 15) is 9.59 Å². The van der Waals surface area contributed by atoms with Gasteiger partial charge in [-0.25, -0.2) is 4.79 Å². The zero-order valence-corrected chi connectivity index (χ0v) is 21.5. The number of methoxy groups -OCH3 is 2. The highest BCUT2D eigenvalue weighted by Gasteiger charge is 2.19. The zero-order chi connectivity index (χ0) is 26.4. The lowest BCUT2D eigenvalue weighted by Gasteiger charge is -2.20. The number of carbonyl (C=O) groups excluding carboxylic acids is 2. The standard InChI is InChI=1S/C27H34N6O4/c1-4-19-17(15-29-8-10-33-11-9-30-27(33)35)6-5-7-21(19)32-26-18(12-25(28)34)16-31-22-14-24(37-3)23(36-2)13-20(22)26/h5-7,13-14,16,29H,4,8-12,15H2,1-3H3,(H2,28,34)(H,30,35)(H,31,32). The fourth-order valence-electron chi connectivity index (χ4n) is 4.66. The predicted octanol–water partition coefficient (Wildman–Crippen LogP) is 2.70. The zero-order valence-electron chi connectivity index (χ0n) is 21.5. The van der Waals surface area contributed by atoms with E-state index in [2.05, 4.69) is 33.9 Å². The van der Waals surface area contributed by atoms with Crippen molar-refractivity contribution in [1.29, 1.82) is 0 Å². The maximum absolute atomic E-state index is 11.9. The second-order valence-electron chi connectivity index (χ2n) is 8.84. The van der Waals surface area contributed by atoms with Gasteiger partial charge in [0.05, 0.1) is 31.8 Å². The molecule has 0 saturated carbocycles. The summed E-state index contributed by atoms with van der Waals surface area (Å²) in [4.78, 5) is 30.0. The van der Waals surface area contributed by atoms with Gasteiger partial charge in [-0.1, -0.05) is 19.1 Å². The molecule has 1 aliphatic rings. The van der Waals surface area contributed by atoms with Crippen molar-refractivity contribution in [2.45, 2.75) is 26.3 Å². The first kappa shape index (κ1) is 26.0. The lowest BCUT2D eigenvalue weighted by Crippen LogP contribution is -2.34. The molecule has 37 heavy (non-hydrogen) atoms. The molecule has 3 aromatic rings. The van der Waals surface area contributed by atoms with Crippen molar-refractivity contribution < 1.29 is 19.1 Å². The van der Waals surface area contributed by atoms with E-state index in [4.69, 9.17) is 15.2 Å². The minimum atomic E-state index is -0.440. The SMILES string of the molecule is CCc1c(CNCCN2CCNC2=O)cccc1Nc1c(CC(N)=O)cnc2cc(OC)c(OC)cc12. The molecule has 1 aromatic heterocycles. The van der Waals surface area contributed by atoms with Crippen LogP contribution in [0.25, 0.3) is 10.9 Å². The summed E-state index contributed by atoms with van der Waals surface area (Å²) in [5.41, 5.74) is 11.0. The molecule has 5 N–H and O–H groups in total. The third kappa shape index (κ3) is 5.86. The van der Waals surface area contributed by atoms with E-state index in [0.29, 0.717) is 48.8 Å².